The van der Waals surface area contributed by atoms with Crippen molar-refractivity contribution in [3.63, 3.8) is 0 Å². The number of hydrogen-bond acceptors (Lipinski definition) is 5. The monoisotopic (exact) mass is 431 g/mol. The van der Waals surface area contributed by atoms with Crippen LogP contribution in [0.4, 0.5) is 11.4 Å². The summed E-state index contributed by atoms with van der Waals surface area (Å²) in [7, 11) is -3.48. The maximum absolute atomic E-state index is 12.9. The molecule has 2 aromatic carbocycles. The summed E-state index contributed by atoms with van der Waals surface area (Å²) in [6.45, 7) is 4.05. The lowest BCUT2D eigenvalue weighted by molar-refractivity contribution is -0.115. The van der Waals surface area contributed by atoms with Crippen LogP contribution in [0.25, 0.3) is 0 Å². The number of nitrogens with zero attached hydrogens (tertiary/aromatic N) is 2. The molecule has 29 heavy (non-hydrogen) atoms. The number of nitrogens with one attached hydrogen (secondary N) is 1. The molecule has 1 amide bonds. The van der Waals surface area contributed by atoms with Gasteiger partial charge in [-0.25, -0.2) is 8.42 Å². The second-order valence-electron chi connectivity index (χ2n) is 7.42. The summed E-state index contributed by atoms with van der Waals surface area (Å²) in [5, 5.41) is 2.92. The summed E-state index contributed by atoms with van der Waals surface area (Å²) in [6, 6.07) is 13.0. The molecule has 2 aliphatic rings. The Hall–Kier alpha value is -2.03. The van der Waals surface area contributed by atoms with Gasteiger partial charge in [0.05, 0.1) is 17.1 Å². The molecule has 0 unspecified atom stereocenters. The first-order valence-electron chi connectivity index (χ1n) is 9.82. The number of amides is 1. The van der Waals surface area contributed by atoms with Gasteiger partial charge in [0.15, 0.2) is 0 Å². The van der Waals surface area contributed by atoms with Gasteiger partial charge in [-0.2, -0.15) is 4.31 Å². The summed E-state index contributed by atoms with van der Waals surface area (Å²) in [4.78, 5) is 15.9. The van der Waals surface area contributed by atoms with E-state index in [0.717, 1.165) is 40.4 Å². The highest BCUT2D eigenvalue weighted by Gasteiger charge is 2.29. The Morgan fingerprint density at radius 1 is 1.07 bits per heavy atom. The van der Waals surface area contributed by atoms with E-state index < -0.39 is 10.0 Å². The van der Waals surface area contributed by atoms with Gasteiger partial charge in [-0.15, -0.1) is 11.8 Å². The molecule has 0 aliphatic carbocycles. The van der Waals surface area contributed by atoms with Crippen LogP contribution in [0, 0.1) is 6.92 Å². The Kier molecular flexibility index (Phi) is 5.85. The Bertz CT molecular complexity index is 1000. The van der Waals surface area contributed by atoms with Gasteiger partial charge >= 0.3 is 0 Å². The largest absolute Gasteiger partial charge is 0.360 e. The zero-order chi connectivity index (χ0) is 20.4. The molecule has 1 saturated heterocycles. The van der Waals surface area contributed by atoms with E-state index in [1.807, 2.05) is 42.2 Å². The molecule has 0 bridgehead atoms. The van der Waals surface area contributed by atoms with E-state index in [2.05, 4.69) is 5.32 Å². The molecule has 2 aromatic rings. The first-order valence-corrected chi connectivity index (χ1v) is 12.2. The standard InChI is InChI=1S/C21H25N3O3S2/c1-16-4-6-17(7-5-16)22-21(25)15-23-12-13-28-20-9-8-18(14-19(20)23)29(26,27)24-10-2-3-11-24/h4-9,14H,2-3,10-13,15H2,1H3,(H,22,25). The average molecular weight is 432 g/mol. The highest BCUT2D eigenvalue weighted by molar-refractivity contribution is 7.99. The number of rotatable bonds is 5. The van der Waals surface area contributed by atoms with Crippen molar-refractivity contribution < 1.29 is 13.2 Å². The summed E-state index contributed by atoms with van der Waals surface area (Å²) >= 11 is 1.69. The van der Waals surface area contributed by atoms with Crippen LogP contribution in [0.5, 0.6) is 0 Å². The van der Waals surface area contributed by atoms with Gasteiger partial charge in [0.25, 0.3) is 0 Å². The van der Waals surface area contributed by atoms with Crippen molar-refractivity contribution >= 4 is 39.1 Å². The third-order valence-electron chi connectivity index (χ3n) is 5.26. The number of anilines is 2. The summed E-state index contributed by atoms with van der Waals surface area (Å²) < 4.78 is 27.4. The minimum absolute atomic E-state index is 0.112. The Morgan fingerprint density at radius 2 is 1.79 bits per heavy atom. The zero-order valence-corrected chi connectivity index (χ0v) is 18.1. The van der Waals surface area contributed by atoms with Crippen LogP contribution in [-0.4, -0.2) is 50.6 Å². The lowest BCUT2D eigenvalue weighted by atomic mass is 10.2. The Morgan fingerprint density at radius 3 is 2.52 bits per heavy atom. The topological polar surface area (TPSA) is 69.7 Å². The van der Waals surface area contributed by atoms with Crippen molar-refractivity contribution in [2.24, 2.45) is 0 Å². The lowest BCUT2D eigenvalue weighted by Gasteiger charge is -2.31. The number of sulfonamides is 1. The molecule has 2 aliphatic heterocycles. The first kappa shape index (κ1) is 20.3. The molecule has 0 saturated carbocycles. The fourth-order valence-corrected chi connectivity index (χ4v) is 6.23. The van der Waals surface area contributed by atoms with Gasteiger partial charge in [-0.05, 0) is 50.1 Å². The van der Waals surface area contributed by atoms with Gasteiger partial charge in [0.2, 0.25) is 15.9 Å². The van der Waals surface area contributed by atoms with Crippen LogP contribution in [0.1, 0.15) is 18.4 Å². The summed E-state index contributed by atoms with van der Waals surface area (Å²) in [5.41, 5.74) is 2.72. The van der Waals surface area contributed by atoms with Gasteiger partial charge in [-0.3, -0.25) is 4.79 Å². The van der Waals surface area contributed by atoms with E-state index >= 15 is 0 Å². The number of aryl methyl sites for hydroxylation is 1. The number of carbonyl (C=O) groups is 1. The third-order valence-corrected chi connectivity index (χ3v) is 8.20. The van der Waals surface area contributed by atoms with Crippen LogP contribution >= 0.6 is 11.8 Å². The van der Waals surface area contributed by atoms with Crippen molar-refractivity contribution in [3.8, 4) is 0 Å². The summed E-state index contributed by atoms with van der Waals surface area (Å²) in [5.74, 6) is 0.753. The third kappa shape index (κ3) is 4.44. The smallest absolute Gasteiger partial charge is 0.243 e. The van der Waals surface area contributed by atoms with Gasteiger partial charge in [-0.1, -0.05) is 17.7 Å². The van der Waals surface area contributed by atoms with E-state index in [4.69, 9.17) is 0 Å². The minimum atomic E-state index is -3.48. The number of carbonyl (C=O) groups excluding carboxylic acids is 1. The molecular formula is C21H25N3O3S2. The van der Waals surface area contributed by atoms with Crippen LogP contribution in [-0.2, 0) is 14.8 Å². The first-order chi connectivity index (χ1) is 13.9. The van der Waals surface area contributed by atoms with Gasteiger partial charge in [0.1, 0.15) is 0 Å². The van der Waals surface area contributed by atoms with E-state index in [1.165, 1.54) is 0 Å². The normalized spacial score (nSPS) is 17.2. The van der Waals surface area contributed by atoms with Crippen molar-refractivity contribution in [2.45, 2.75) is 29.6 Å². The average Bonchev–Trinajstić information content (AvgIpc) is 3.25. The van der Waals surface area contributed by atoms with E-state index in [9.17, 15) is 13.2 Å². The molecule has 2 heterocycles. The molecule has 0 aromatic heterocycles. The number of benzene rings is 2. The predicted molar refractivity (Wildman–Crippen MR) is 117 cm³/mol. The van der Waals surface area contributed by atoms with Crippen molar-refractivity contribution in [1.29, 1.82) is 0 Å². The van der Waals surface area contributed by atoms with Crippen molar-refractivity contribution in [1.82, 2.24) is 4.31 Å². The maximum atomic E-state index is 12.9. The second kappa shape index (κ2) is 8.38. The zero-order valence-electron chi connectivity index (χ0n) is 16.4. The molecule has 8 heteroatoms. The number of thioether (sulfide) groups is 1. The van der Waals surface area contributed by atoms with Crippen LogP contribution in [0.15, 0.2) is 52.3 Å². The summed E-state index contributed by atoms with van der Waals surface area (Å²) in [6.07, 6.45) is 1.82. The highest BCUT2D eigenvalue weighted by Crippen LogP contribution is 2.37. The quantitative estimate of drug-likeness (QED) is 0.786. The van der Waals surface area contributed by atoms with Crippen LogP contribution in [0.2, 0.25) is 0 Å². The highest BCUT2D eigenvalue weighted by atomic mass is 32.2. The van der Waals surface area contributed by atoms with E-state index in [1.54, 1.807) is 28.2 Å². The van der Waals surface area contributed by atoms with Gasteiger partial charge in [0, 0.05) is 36.0 Å². The molecule has 1 N–H and O–H groups in total. The Balaban J connectivity index is 1.53. The number of fused-ring (bicyclic) bond motifs is 1. The van der Waals surface area contributed by atoms with E-state index in [0.29, 0.717) is 24.5 Å². The second-order valence-corrected chi connectivity index (χ2v) is 10.5. The molecular weight excluding hydrogens is 406 g/mol. The molecule has 0 radical (unpaired) electrons. The van der Waals surface area contributed by atoms with Crippen molar-refractivity contribution in [3.05, 3.63) is 48.0 Å². The van der Waals surface area contributed by atoms with E-state index in [-0.39, 0.29) is 12.5 Å². The molecule has 0 spiro atoms. The number of hydrogen-bond donors (Lipinski definition) is 1. The fourth-order valence-electron chi connectivity index (χ4n) is 3.67. The molecule has 4 rings (SSSR count). The molecule has 6 nitrogen and oxygen atoms in total. The molecule has 154 valence electrons. The SMILES string of the molecule is Cc1ccc(NC(=O)CN2CCSc3ccc(S(=O)(=O)N4CCCC4)cc32)cc1. The molecule has 1 fully saturated rings. The van der Waals surface area contributed by atoms with Crippen molar-refractivity contribution in [2.75, 3.05) is 42.1 Å². The van der Waals surface area contributed by atoms with Crippen LogP contribution in [0.3, 0.4) is 0 Å². The lowest BCUT2D eigenvalue weighted by Crippen LogP contribution is -2.37. The molecule has 0 atom stereocenters. The van der Waals surface area contributed by atoms with Gasteiger partial charge < -0.3 is 10.2 Å². The minimum Gasteiger partial charge on any atom is -0.360 e. The maximum Gasteiger partial charge on any atom is 0.243 e. The predicted octanol–water partition coefficient (Wildman–Crippen LogP) is 3.33. The fraction of sp³-hybridized carbons (Fsp3) is 0.381. The Labute approximate surface area is 176 Å². The van der Waals surface area contributed by atoms with Crippen LogP contribution < -0.4 is 10.2 Å².